The summed E-state index contributed by atoms with van der Waals surface area (Å²) in [5, 5.41) is 19.8. The molecule has 0 unspecified atom stereocenters. The lowest BCUT2D eigenvalue weighted by molar-refractivity contribution is -0.133. The van der Waals surface area contributed by atoms with Crippen molar-refractivity contribution in [1.82, 2.24) is 16.0 Å². The summed E-state index contributed by atoms with van der Waals surface area (Å²) in [6, 6.07) is 6.71. The molecule has 0 saturated heterocycles. The van der Waals surface area contributed by atoms with E-state index in [0.29, 0.717) is 37.5 Å². The molecule has 1 aliphatic carbocycles. The predicted octanol–water partition coefficient (Wildman–Crippen LogP) is 3.41. The molecule has 0 radical (unpaired) electrons. The summed E-state index contributed by atoms with van der Waals surface area (Å²) in [6.45, 7) is 11.1. The van der Waals surface area contributed by atoms with Gasteiger partial charge in [0, 0.05) is 51.2 Å². The Hall–Kier alpha value is -2.69. The molecule has 43 heavy (non-hydrogen) atoms. The first-order valence-electron chi connectivity index (χ1n) is 15.8. The molecule has 2 rings (SSSR count). The maximum atomic E-state index is 13.2. The number of aliphatic hydroxyl groups excluding tert-OH is 1. The SMILES string of the molecule is COCCCCOc1ccccc1C(=O)NC[C@@H](C[C@H](N)[C@@H](O)CNC(=O)C(C)(C)[C@@H]1CCC[C@H](NC(C)=O)C1)C(C)C. The van der Waals surface area contributed by atoms with Crippen LogP contribution in [0.4, 0.5) is 0 Å². The summed E-state index contributed by atoms with van der Waals surface area (Å²) in [4.78, 5) is 37.8. The summed E-state index contributed by atoms with van der Waals surface area (Å²) in [5.41, 5.74) is 6.24. The molecule has 5 atom stereocenters. The number of benzene rings is 1. The van der Waals surface area contributed by atoms with Crippen molar-refractivity contribution in [1.29, 1.82) is 0 Å². The van der Waals surface area contributed by atoms with Gasteiger partial charge in [0.05, 0.1) is 18.3 Å². The molecule has 1 saturated carbocycles. The number of nitrogens with two attached hydrogens (primary N) is 1. The summed E-state index contributed by atoms with van der Waals surface area (Å²) in [6.07, 6.45) is 4.83. The number of para-hydroxylation sites is 1. The van der Waals surface area contributed by atoms with Gasteiger partial charge in [-0.15, -0.1) is 0 Å². The monoisotopic (exact) mass is 604 g/mol. The van der Waals surface area contributed by atoms with E-state index in [2.05, 4.69) is 29.8 Å². The van der Waals surface area contributed by atoms with Crippen LogP contribution in [0.5, 0.6) is 5.75 Å². The summed E-state index contributed by atoms with van der Waals surface area (Å²) in [5.74, 6) is 0.516. The van der Waals surface area contributed by atoms with Gasteiger partial charge in [-0.3, -0.25) is 14.4 Å². The van der Waals surface area contributed by atoms with Crippen LogP contribution in [0.1, 0.15) is 89.9 Å². The number of aliphatic hydroxyl groups is 1. The number of rotatable bonds is 18. The van der Waals surface area contributed by atoms with E-state index in [0.717, 1.165) is 38.5 Å². The lowest BCUT2D eigenvalue weighted by Gasteiger charge is -2.39. The van der Waals surface area contributed by atoms with Crippen LogP contribution in [0.3, 0.4) is 0 Å². The molecule has 6 N–H and O–H groups in total. The predicted molar refractivity (Wildman–Crippen MR) is 169 cm³/mol. The van der Waals surface area contributed by atoms with Crippen molar-refractivity contribution in [2.24, 2.45) is 28.9 Å². The average Bonchev–Trinajstić information content (AvgIpc) is 2.97. The van der Waals surface area contributed by atoms with Gasteiger partial charge in [0.2, 0.25) is 11.8 Å². The van der Waals surface area contributed by atoms with Crippen LogP contribution in [0.15, 0.2) is 24.3 Å². The van der Waals surface area contributed by atoms with Crippen molar-refractivity contribution in [2.45, 2.75) is 97.8 Å². The topological polar surface area (TPSA) is 152 Å². The van der Waals surface area contributed by atoms with Gasteiger partial charge < -0.3 is 36.3 Å². The number of hydrogen-bond donors (Lipinski definition) is 5. The Morgan fingerprint density at radius 3 is 2.44 bits per heavy atom. The molecule has 244 valence electrons. The van der Waals surface area contributed by atoms with Gasteiger partial charge in [0.1, 0.15) is 5.75 Å². The van der Waals surface area contributed by atoms with E-state index in [-0.39, 0.29) is 48.1 Å². The van der Waals surface area contributed by atoms with Crippen LogP contribution in [-0.2, 0) is 14.3 Å². The van der Waals surface area contributed by atoms with Gasteiger partial charge in [-0.05, 0) is 68.4 Å². The van der Waals surface area contributed by atoms with Crippen molar-refractivity contribution >= 4 is 17.7 Å². The third-order valence-electron chi connectivity index (χ3n) is 8.83. The molecule has 1 aromatic carbocycles. The molecular formula is C33H56N4O6. The fourth-order valence-corrected chi connectivity index (χ4v) is 5.75. The van der Waals surface area contributed by atoms with Crippen molar-refractivity contribution in [3.05, 3.63) is 29.8 Å². The minimum atomic E-state index is -0.928. The van der Waals surface area contributed by atoms with Gasteiger partial charge in [0.15, 0.2) is 0 Å². The number of amides is 3. The van der Waals surface area contributed by atoms with E-state index in [1.165, 1.54) is 6.92 Å². The van der Waals surface area contributed by atoms with E-state index in [4.69, 9.17) is 15.2 Å². The van der Waals surface area contributed by atoms with Crippen LogP contribution in [0.2, 0.25) is 0 Å². The highest BCUT2D eigenvalue weighted by Gasteiger charge is 2.40. The third kappa shape index (κ3) is 12.1. The lowest BCUT2D eigenvalue weighted by atomic mass is 9.69. The van der Waals surface area contributed by atoms with Gasteiger partial charge >= 0.3 is 0 Å². The molecule has 0 aliphatic heterocycles. The smallest absolute Gasteiger partial charge is 0.255 e. The molecule has 1 aliphatic rings. The largest absolute Gasteiger partial charge is 0.493 e. The van der Waals surface area contributed by atoms with E-state index >= 15 is 0 Å². The minimum Gasteiger partial charge on any atom is -0.493 e. The van der Waals surface area contributed by atoms with Gasteiger partial charge in [-0.2, -0.15) is 0 Å². The van der Waals surface area contributed by atoms with Crippen molar-refractivity contribution < 1.29 is 29.0 Å². The van der Waals surface area contributed by atoms with Gasteiger partial charge in [0.25, 0.3) is 5.91 Å². The van der Waals surface area contributed by atoms with E-state index < -0.39 is 17.6 Å². The maximum absolute atomic E-state index is 13.2. The maximum Gasteiger partial charge on any atom is 0.255 e. The third-order valence-corrected chi connectivity index (χ3v) is 8.83. The highest BCUT2D eigenvalue weighted by atomic mass is 16.5. The Labute approximate surface area is 258 Å². The molecule has 10 nitrogen and oxygen atoms in total. The molecule has 0 aromatic heterocycles. The van der Waals surface area contributed by atoms with E-state index in [1.807, 2.05) is 26.0 Å². The molecule has 1 aromatic rings. The van der Waals surface area contributed by atoms with Crippen LogP contribution in [0.25, 0.3) is 0 Å². The Balaban J connectivity index is 1.87. The number of hydrogen-bond acceptors (Lipinski definition) is 7. The normalized spacial score (nSPS) is 19.3. The fourth-order valence-electron chi connectivity index (χ4n) is 5.75. The molecule has 0 heterocycles. The van der Waals surface area contributed by atoms with Crippen LogP contribution in [0, 0.1) is 23.2 Å². The standard InChI is InChI=1S/C33H56N4O6/c1-22(2)24(20-35-31(40)27-14-7-8-15-30(27)43-17-10-9-16-42-6)18-28(34)29(39)21-36-32(41)33(4,5)25-12-11-13-26(19-25)37-23(3)38/h7-8,14-15,22,24-26,28-29,39H,9-13,16-21,34H2,1-6H3,(H,35,40)(H,36,41)(H,37,38)/t24-,25-,26+,28+,29+/m1/s1. The summed E-state index contributed by atoms with van der Waals surface area (Å²) >= 11 is 0. The second kappa shape index (κ2) is 18.2. The number of nitrogens with one attached hydrogen (secondary N) is 3. The van der Waals surface area contributed by atoms with Gasteiger partial charge in [-0.25, -0.2) is 0 Å². The molecule has 10 heteroatoms. The molecule has 1 fully saturated rings. The fraction of sp³-hybridized carbons (Fsp3) is 0.727. The molecule has 0 spiro atoms. The van der Waals surface area contributed by atoms with E-state index in [9.17, 15) is 19.5 Å². The number of carbonyl (C=O) groups excluding carboxylic acids is 3. The van der Waals surface area contributed by atoms with Crippen LogP contribution in [-0.4, -0.2) is 74.4 Å². The Morgan fingerprint density at radius 1 is 1.07 bits per heavy atom. The summed E-state index contributed by atoms with van der Waals surface area (Å²) < 4.78 is 10.9. The minimum absolute atomic E-state index is 0.0239. The molecule has 0 bridgehead atoms. The zero-order valence-corrected chi connectivity index (χ0v) is 27.1. The first kappa shape index (κ1) is 36.5. The van der Waals surface area contributed by atoms with Crippen molar-refractivity contribution in [2.75, 3.05) is 33.4 Å². The average molecular weight is 605 g/mol. The van der Waals surface area contributed by atoms with Crippen LogP contribution < -0.4 is 26.4 Å². The second-order valence-corrected chi connectivity index (χ2v) is 12.9. The van der Waals surface area contributed by atoms with Crippen molar-refractivity contribution in [3.8, 4) is 5.75 Å². The quantitative estimate of drug-likeness (QED) is 0.161. The highest BCUT2D eigenvalue weighted by Crippen LogP contribution is 2.38. The molecule has 3 amide bonds. The Morgan fingerprint density at radius 2 is 1.77 bits per heavy atom. The van der Waals surface area contributed by atoms with E-state index in [1.54, 1.807) is 19.2 Å². The zero-order chi connectivity index (χ0) is 32.0. The second-order valence-electron chi connectivity index (χ2n) is 12.9. The first-order valence-corrected chi connectivity index (χ1v) is 15.8. The lowest BCUT2D eigenvalue weighted by Crippen LogP contribution is -2.50. The van der Waals surface area contributed by atoms with Crippen molar-refractivity contribution in [3.63, 3.8) is 0 Å². The highest BCUT2D eigenvalue weighted by molar-refractivity contribution is 5.96. The number of unbranched alkanes of at least 4 members (excludes halogenated alkanes) is 1. The number of carbonyl (C=O) groups is 3. The Kier molecular flexibility index (Phi) is 15.4. The van der Waals surface area contributed by atoms with Crippen LogP contribution >= 0.6 is 0 Å². The first-order chi connectivity index (χ1) is 20.4. The number of methoxy groups -OCH3 is 1. The Bertz CT molecular complexity index is 1020. The van der Waals surface area contributed by atoms with Gasteiger partial charge in [-0.1, -0.05) is 46.2 Å². The summed E-state index contributed by atoms with van der Waals surface area (Å²) in [7, 11) is 1.67. The zero-order valence-electron chi connectivity index (χ0n) is 27.1. The number of ether oxygens (including phenoxy) is 2. The molecular weight excluding hydrogens is 548 g/mol.